The maximum absolute atomic E-state index is 12.8. The molecule has 1 atom stereocenters. The number of amides is 1. The molecule has 8 nitrogen and oxygen atoms in total. The Morgan fingerprint density at radius 1 is 1.40 bits per heavy atom. The first-order chi connectivity index (χ1) is 12.0. The van der Waals surface area contributed by atoms with E-state index >= 15 is 0 Å². The van der Waals surface area contributed by atoms with Crippen LogP contribution in [0.3, 0.4) is 0 Å². The summed E-state index contributed by atoms with van der Waals surface area (Å²) in [6.07, 6.45) is 5.82. The number of nitro benzene ring substituents is 1. The van der Waals surface area contributed by atoms with Crippen LogP contribution in [-0.2, 0) is 0 Å². The summed E-state index contributed by atoms with van der Waals surface area (Å²) >= 11 is 5.91. The van der Waals surface area contributed by atoms with E-state index in [4.69, 9.17) is 16.3 Å². The molecular formula is C16H15ClN4O4. The summed E-state index contributed by atoms with van der Waals surface area (Å²) in [5.74, 6) is -0.0443. The summed E-state index contributed by atoms with van der Waals surface area (Å²) in [6, 6.07) is 3.97. The summed E-state index contributed by atoms with van der Waals surface area (Å²) in [7, 11) is 0. The van der Waals surface area contributed by atoms with Gasteiger partial charge in [0.05, 0.1) is 17.7 Å². The van der Waals surface area contributed by atoms with E-state index < -0.39 is 10.8 Å². The Hall–Kier alpha value is -2.74. The molecule has 0 aliphatic carbocycles. The normalized spacial score (nSPS) is 17.2. The van der Waals surface area contributed by atoms with E-state index in [0.29, 0.717) is 19.0 Å². The Balaban J connectivity index is 1.76. The molecule has 9 heteroatoms. The van der Waals surface area contributed by atoms with Gasteiger partial charge in [0.1, 0.15) is 11.7 Å². The highest BCUT2D eigenvalue weighted by Gasteiger charge is 2.30. The second-order valence-electron chi connectivity index (χ2n) is 5.60. The zero-order chi connectivity index (χ0) is 17.8. The molecule has 1 aliphatic rings. The van der Waals surface area contributed by atoms with Gasteiger partial charge in [-0.1, -0.05) is 11.6 Å². The third kappa shape index (κ3) is 4.03. The highest BCUT2D eigenvalue weighted by atomic mass is 35.5. The molecular weight excluding hydrogens is 348 g/mol. The lowest BCUT2D eigenvalue weighted by Crippen LogP contribution is -2.44. The second-order valence-corrected chi connectivity index (χ2v) is 6.03. The predicted molar refractivity (Wildman–Crippen MR) is 89.7 cm³/mol. The summed E-state index contributed by atoms with van der Waals surface area (Å²) in [6.45, 7) is 0.821. The number of rotatable bonds is 4. The molecule has 25 heavy (non-hydrogen) atoms. The van der Waals surface area contributed by atoms with Crippen LogP contribution in [0.15, 0.2) is 36.8 Å². The fourth-order valence-corrected chi connectivity index (χ4v) is 2.92. The molecule has 0 N–H and O–H groups in total. The van der Waals surface area contributed by atoms with Gasteiger partial charge in [0.2, 0.25) is 5.88 Å². The van der Waals surface area contributed by atoms with Crippen molar-refractivity contribution in [3.05, 3.63) is 57.5 Å². The molecule has 2 aromatic rings. The van der Waals surface area contributed by atoms with E-state index in [0.717, 1.165) is 12.8 Å². The fraction of sp³-hybridized carbons (Fsp3) is 0.312. The van der Waals surface area contributed by atoms with Gasteiger partial charge in [0, 0.05) is 30.0 Å². The van der Waals surface area contributed by atoms with Gasteiger partial charge < -0.3 is 9.64 Å². The lowest BCUT2D eigenvalue weighted by molar-refractivity contribution is -0.385. The molecule has 0 spiro atoms. The Labute approximate surface area is 148 Å². The zero-order valence-electron chi connectivity index (χ0n) is 13.2. The SMILES string of the molecule is O=C(c1cc(Cl)ccc1[N+](=O)[O-])N1CCCC(Oc2cnccn2)C1. The molecule has 1 unspecified atom stereocenters. The molecule has 130 valence electrons. The van der Waals surface area contributed by atoms with Crippen molar-refractivity contribution in [1.82, 2.24) is 14.9 Å². The van der Waals surface area contributed by atoms with Crippen LogP contribution in [0.4, 0.5) is 5.69 Å². The lowest BCUT2D eigenvalue weighted by Gasteiger charge is -2.32. The molecule has 0 radical (unpaired) electrons. The van der Waals surface area contributed by atoms with Gasteiger partial charge in [-0.15, -0.1) is 0 Å². The van der Waals surface area contributed by atoms with Gasteiger partial charge in [-0.2, -0.15) is 0 Å². The summed E-state index contributed by atoms with van der Waals surface area (Å²) in [4.78, 5) is 32.9. The number of halogens is 1. The largest absolute Gasteiger partial charge is 0.471 e. The van der Waals surface area contributed by atoms with Crippen LogP contribution in [0.5, 0.6) is 5.88 Å². The molecule has 0 saturated carbocycles. The number of benzene rings is 1. The van der Waals surface area contributed by atoms with Gasteiger partial charge >= 0.3 is 0 Å². The fourth-order valence-electron chi connectivity index (χ4n) is 2.74. The van der Waals surface area contributed by atoms with Gasteiger partial charge in [-0.3, -0.25) is 19.9 Å². The molecule has 2 heterocycles. The van der Waals surface area contributed by atoms with Crippen molar-refractivity contribution < 1.29 is 14.5 Å². The molecule has 1 aliphatic heterocycles. The summed E-state index contributed by atoms with van der Waals surface area (Å²) in [5, 5.41) is 11.5. The minimum atomic E-state index is -0.582. The maximum Gasteiger partial charge on any atom is 0.282 e. The average molecular weight is 363 g/mol. The third-order valence-electron chi connectivity index (χ3n) is 3.88. The van der Waals surface area contributed by atoms with Crippen LogP contribution >= 0.6 is 11.6 Å². The number of hydrogen-bond acceptors (Lipinski definition) is 6. The molecule has 1 aromatic heterocycles. The number of carbonyl (C=O) groups is 1. The quantitative estimate of drug-likeness (QED) is 0.612. The minimum Gasteiger partial charge on any atom is -0.471 e. The number of nitrogens with zero attached hydrogens (tertiary/aromatic N) is 4. The van der Waals surface area contributed by atoms with Crippen molar-refractivity contribution in [2.45, 2.75) is 18.9 Å². The van der Waals surface area contributed by atoms with E-state index in [2.05, 4.69) is 9.97 Å². The molecule has 1 fully saturated rings. The highest BCUT2D eigenvalue weighted by molar-refractivity contribution is 6.31. The van der Waals surface area contributed by atoms with E-state index in [-0.39, 0.29) is 22.4 Å². The van der Waals surface area contributed by atoms with Gasteiger partial charge in [0.15, 0.2) is 0 Å². The van der Waals surface area contributed by atoms with Crippen LogP contribution in [0.2, 0.25) is 5.02 Å². The van der Waals surface area contributed by atoms with Gasteiger partial charge in [-0.25, -0.2) is 4.98 Å². The van der Waals surface area contributed by atoms with Crippen molar-refractivity contribution in [1.29, 1.82) is 0 Å². The van der Waals surface area contributed by atoms with Crippen molar-refractivity contribution in [3.8, 4) is 5.88 Å². The minimum absolute atomic E-state index is 0.0161. The maximum atomic E-state index is 12.8. The monoisotopic (exact) mass is 362 g/mol. The van der Waals surface area contributed by atoms with Crippen molar-refractivity contribution in [3.63, 3.8) is 0 Å². The number of hydrogen-bond donors (Lipinski definition) is 0. The number of likely N-dealkylation sites (tertiary alicyclic amines) is 1. The summed E-state index contributed by atoms with van der Waals surface area (Å²) in [5.41, 5.74) is -0.274. The van der Waals surface area contributed by atoms with E-state index in [1.807, 2.05) is 0 Å². The Morgan fingerprint density at radius 3 is 2.96 bits per heavy atom. The number of piperidine rings is 1. The Bertz CT molecular complexity index is 787. The van der Waals surface area contributed by atoms with E-state index in [9.17, 15) is 14.9 Å². The van der Waals surface area contributed by atoms with Gasteiger partial charge in [0.25, 0.3) is 11.6 Å². The molecule has 3 rings (SSSR count). The zero-order valence-corrected chi connectivity index (χ0v) is 13.9. The number of carbonyl (C=O) groups excluding carboxylic acids is 1. The van der Waals surface area contributed by atoms with Crippen molar-refractivity contribution in [2.75, 3.05) is 13.1 Å². The summed E-state index contributed by atoms with van der Waals surface area (Å²) < 4.78 is 5.75. The van der Waals surface area contributed by atoms with Crippen LogP contribution < -0.4 is 4.74 Å². The molecule has 1 aromatic carbocycles. The number of ether oxygens (including phenoxy) is 1. The third-order valence-corrected chi connectivity index (χ3v) is 4.11. The van der Waals surface area contributed by atoms with E-state index in [1.165, 1.54) is 30.6 Å². The first-order valence-corrected chi connectivity index (χ1v) is 8.08. The van der Waals surface area contributed by atoms with Gasteiger partial charge in [-0.05, 0) is 25.0 Å². The number of aromatic nitrogens is 2. The van der Waals surface area contributed by atoms with Crippen LogP contribution in [-0.4, -0.2) is 44.9 Å². The second kappa shape index (κ2) is 7.43. The Morgan fingerprint density at radius 2 is 2.24 bits per heavy atom. The molecule has 1 saturated heterocycles. The molecule has 0 bridgehead atoms. The molecule has 1 amide bonds. The highest BCUT2D eigenvalue weighted by Crippen LogP contribution is 2.26. The van der Waals surface area contributed by atoms with Crippen LogP contribution in [0.1, 0.15) is 23.2 Å². The lowest BCUT2D eigenvalue weighted by atomic mass is 10.1. The van der Waals surface area contributed by atoms with Crippen LogP contribution in [0, 0.1) is 10.1 Å². The van der Waals surface area contributed by atoms with Crippen molar-refractivity contribution in [2.24, 2.45) is 0 Å². The Kier molecular flexibility index (Phi) is 5.08. The topological polar surface area (TPSA) is 98.5 Å². The predicted octanol–water partition coefficient (Wildman–Crippen LogP) is 2.72. The number of nitro groups is 1. The standard InChI is InChI=1S/C16H15ClN4O4/c17-11-3-4-14(21(23)24)13(8-11)16(22)20-7-1-2-12(10-20)25-15-9-18-5-6-19-15/h3-6,8-9,12H,1-2,7,10H2. The average Bonchev–Trinajstić information content (AvgIpc) is 2.62. The van der Waals surface area contributed by atoms with E-state index in [1.54, 1.807) is 11.1 Å². The first kappa shape index (κ1) is 17.1. The smallest absolute Gasteiger partial charge is 0.282 e. The first-order valence-electron chi connectivity index (χ1n) is 7.70. The van der Waals surface area contributed by atoms with Crippen molar-refractivity contribution >= 4 is 23.2 Å². The van der Waals surface area contributed by atoms with Crippen LogP contribution in [0.25, 0.3) is 0 Å².